The molecule has 0 atom stereocenters. The number of nitrogens with zero attached hydrogens (tertiary/aromatic N) is 4. The Balaban J connectivity index is 1.41. The number of thiazole rings is 1. The van der Waals surface area contributed by atoms with E-state index in [9.17, 15) is 4.79 Å². The first-order valence-corrected chi connectivity index (χ1v) is 13.7. The van der Waals surface area contributed by atoms with Crippen molar-refractivity contribution < 1.29 is 4.79 Å². The first-order valence-electron chi connectivity index (χ1n) is 10.1. The molecule has 6 nitrogen and oxygen atoms in total. The number of hydrogen-bond acceptors (Lipinski definition) is 7. The topological polar surface area (TPSA) is 72.7 Å². The van der Waals surface area contributed by atoms with Crippen LogP contribution in [0.3, 0.4) is 0 Å². The fourth-order valence-electron chi connectivity index (χ4n) is 3.36. The molecule has 0 unspecified atom stereocenters. The van der Waals surface area contributed by atoms with Crippen LogP contribution in [0.1, 0.15) is 24.3 Å². The lowest BCUT2D eigenvalue weighted by atomic mass is 10.1. The molecule has 0 radical (unpaired) electrons. The zero-order valence-electron chi connectivity index (χ0n) is 17.9. The van der Waals surface area contributed by atoms with Gasteiger partial charge in [-0.25, -0.2) is 4.98 Å². The van der Waals surface area contributed by atoms with E-state index in [1.807, 2.05) is 29.6 Å². The molecule has 4 rings (SSSR count). The molecule has 0 aliphatic carbocycles. The first-order chi connectivity index (χ1) is 15.5. The summed E-state index contributed by atoms with van der Waals surface area (Å²) < 4.78 is 3.10. The summed E-state index contributed by atoms with van der Waals surface area (Å²) in [7, 11) is 0. The van der Waals surface area contributed by atoms with Crippen LogP contribution in [-0.2, 0) is 17.8 Å². The van der Waals surface area contributed by atoms with Gasteiger partial charge in [0.25, 0.3) is 0 Å². The molecular weight excluding hydrogens is 526 g/mol. The third-order valence-corrected chi connectivity index (χ3v) is 8.16. The van der Waals surface area contributed by atoms with Crippen molar-refractivity contribution in [2.24, 2.45) is 0 Å². The molecule has 10 heteroatoms. The number of thioether (sulfide) groups is 1. The van der Waals surface area contributed by atoms with Crippen LogP contribution in [0.2, 0.25) is 0 Å². The number of carbonyl (C=O) groups is 1. The Morgan fingerprint density at radius 3 is 2.66 bits per heavy atom. The highest BCUT2D eigenvalue weighted by Gasteiger charge is 2.19. The molecule has 0 bridgehead atoms. The Kier molecular flexibility index (Phi) is 7.44. The highest BCUT2D eigenvalue weighted by atomic mass is 79.9. The number of benzene rings is 1. The summed E-state index contributed by atoms with van der Waals surface area (Å²) in [4.78, 5) is 18.4. The number of amides is 1. The highest BCUT2D eigenvalue weighted by Crippen LogP contribution is 2.33. The summed E-state index contributed by atoms with van der Waals surface area (Å²) in [6, 6.07) is 7.94. The van der Waals surface area contributed by atoms with E-state index in [0.717, 1.165) is 45.2 Å². The molecule has 0 aliphatic heterocycles. The Morgan fingerprint density at radius 1 is 1.16 bits per heavy atom. The molecule has 0 aliphatic rings. The Hall–Kier alpha value is -2.01. The molecule has 1 N–H and O–H groups in total. The van der Waals surface area contributed by atoms with E-state index >= 15 is 0 Å². The standard InChI is InChI=1S/C22H22BrN5OS3/c1-4-16-13(3)30-10-17(16)20-26-27-22(28(20)5-2)32-12-19(29)25-21-24-18(11-31-21)14-6-8-15(23)9-7-14/h6-11H,4-5,12H2,1-3H3,(H,24,25,29). The zero-order chi connectivity index (χ0) is 22.7. The van der Waals surface area contributed by atoms with Crippen molar-refractivity contribution in [3.05, 3.63) is 49.9 Å². The number of rotatable bonds is 8. The molecule has 3 aromatic heterocycles. The van der Waals surface area contributed by atoms with Gasteiger partial charge in [0, 0.05) is 37.8 Å². The van der Waals surface area contributed by atoms with Gasteiger partial charge in [-0.1, -0.05) is 46.7 Å². The summed E-state index contributed by atoms with van der Waals surface area (Å²) in [6.07, 6.45) is 0.960. The third kappa shape index (κ3) is 4.98. The van der Waals surface area contributed by atoms with Crippen molar-refractivity contribution in [1.29, 1.82) is 0 Å². The van der Waals surface area contributed by atoms with Crippen LogP contribution in [0.25, 0.3) is 22.6 Å². The number of halogens is 1. The normalized spacial score (nSPS) is 11.1. The second kappa shape index (κ2) is 10.3. The van der Waals surface area contributed by atoms with Crippen molar-refractivity contribution >= 4 is 61.4 Å². The van der Waals surface area contributed by atoms with Gasteiger partial charge in [0.2, 0.25) is 5.91 Å². The van der Waals surface area contributed by atoms with E-state index in [2.05, 4.69) is 67.1 Å². The quantitative estimate of drug-likeness (QED) is 0.254. The second-order valence-corrected chi connectivity index (χ2v) is 10.8. The number of carbonyl (C=O) groups excluding carboxylic acids is 1. The van der Waals surface area contributed by atoms with E-state index in [0.29, 0.717) is 5.13 Å². The smallest absolute Gasteiger partial charge is 0.236 e. The number of aromatic nitrogens is 4. The van der Waals surface area contributed by atoms with Crippen LogP contribution in [0.15, 0.2) is 44.7 Å². The minimum atomic E-state index is -0.112. The SMILES string of the molecule is CCc1c(-c2nnc(SCC(=O)Nc3nc(-c4ccc(Br)cc4)cs3)n2CC)csc1C. The fourth-order valence-corrected chi connectivity index (χ4v) is 6.10. The average molecular weight is 549 g/mol. The van der Waals surface area contributed by atoms with Gasteiger partial charge in [-0.15, -0.1) is 32.9 Å². The maximum Gasteiger partial charge on any atom is 0.236 e. The predicted molar refractivity (Wildman–Crippen MR) is 138 cm³/mol. The van der Waals surface area contributed by atoms with Gasteiger partial charge >= 0.3 is 0 Å². The largest absolute Gasteiger partial charge is 0.302 e. The predicted octanol–water partition coefficient (Wildman–Crippen LogP) is 6.51. The highest BCUT2D eigenvalue weighted by molar-refractivity contribution is 9.10. The summed E-state index contributed by atoms with van der Waals surface area (Å²) in [6.45, 7) is 7.11. The number of anilines is 1. The van der Waals surface area contributed by atoms with E-state index in [4.69, 9.17) is 0 Å². The Labute approximate surface area is 207 Å². The first kappa shape index (κ1) is 23.2. The van der Waals surface area contributed by atoms with Gasteiger partial charge in [-0.05, 0) is 38.0 Å². The lowest BCUT2D eigenvalue weighted by molar-refractivity contribution is -0.113. The molecule has 1 aromatic carbocycles. The molecule has 4 aromatic rings. The number of hydrogen-bond donors (Lipinski definition) is 1. The minimum Gasteiger partial charge on any atom is -0.302 e. The second-order valence-electron chi connectivity index (χ2n) is 6.97. The maximum atomic E-state index is 12.5. The van der Waals surface area contributed by atoms with Crippen LogP contribution >= 0.6 is 50.4 Å². The molecule has 0 fully saturated rings. The van der Waals surface area contributed by atoms with Crippen LogP contribution in [-0.4, -0.2) is 31.4 Å². The molecular formula is C22H22BrN5OS3. The monoisotopic (exact) mass is 547 g/mol. The van der Waals surface area contributed by atoms with E-state index in [-0.39, 0.29) is 11.7 Å². The van der Waals surface area contributed by atoms with Gasteiger partial charge in [0.05, 0.1) is 11.4 Å². The lowest BCUT2D eigenvalue weighted by Crippen LogP contribution is -2.14. The van der Waals surface area contributed by atoms with Crippen LogP contribution in [0.5, 0.6) is 0 Å². The zero-order valence-corrected chi connectivity index (χ0v) is 21.9. The minimum absolute atomic E-state index is 0.112. The number of thiophene rings is 1. The molecule has 0 saturated heterocycles. The number of aryl methyl sites for hydroxylation is 1. The Bertz CT molecular complexity index is 1230. The molecule has 0 saturated carbocycles. The van der Waals surface area contributed by atoms with Gasteiger partial charge in [0.1, 0.15) is 0 Å². The van der Waals surface area contributed by atoms with Gasteiger partial charge < -0.3 is 9.88 Å². The Morgan fingerprint density at radius 2 is 1.94 bits per heavy atom. The van der Waals surface area contributed by atoms with Crippen molar-refractivity contribution in [1.82, 2.24) is 19.7 Å². The summed E-state index contributed by atoms with van der Waals surface area (Å²) >= 11 is 7.99. The van der Waals surface area contributed by atoms with Crippen LogP contribution in [0.4, 0.5) is 5.13 Å². The summed E-state index contributed by atoms with van der Waals surface area (Å²) in [5.41, 5.74) is 4.32. The van der Waals surface area contributed by atoms with Gasteiger partial charge in [0.15, 0.2) is 16.1 Å². The summed E-state index contributed by atoms with van der Waals surface area (Å²) in [5.74, 6) is 1.00. The van der Waals surface area contributed by atoms with Crippen molar-refractivity contribution in [2.45, 2.75) is 38.9 Å². The maximum absolute atomic E-state index is 12.5. The van der Waals surface area contributed by atoms with Crippen LogP contribution < -0.4 is 5.32 Å². The molecule has 1 amide bonds. The molecule has 0 spiro atoms. The van der Waals surface area contributed by atoms with Crippen molar-refractivity contribution in [3.63, 3.8) is 0 Å². The van der Waals surface area contributed by atoms with Crippen LogP contribution in [0, 0.1) is 6.92 Å². The fraction of sp³-hybridized carbons (Fsp3) is 0.273. The number of nitrogens with one attached hydrogen (secondary N) is 1. The van der Waals surface area contributed by atoms with E-state index < -0.39 is 0 Å². The molecule has 32 heavy (non-hydrogen) atoms. The van der Waals surface area contributed by atoms with E-state index in [1.54, 1.807) is 11.3 Å². The summed E-state index contributed by atoms with van der Waals surface area (Å²) in [5, 5.41) is 17.1. The van der Waals surface area contributed by atoms with Gasteiger partial charge in [-0.3, -0.25) is 4.79 Å². The lowest BCUT2D eigenvalue weighted by Gasteiger charge is -2.08. The van der Waals surface area contributed by atoms with Crippen molar-refractivity contribution in [2.75, 3.05) is 11.1 Å². The third-order valence-electron chi connectivity index (χ3n) is 4.95. The van der Waals surface area contributed by atoms with Crippen molar-refractivity contribution in [3.8, 4) is 22.6 Å². The average Bonchev–Trinajstić information content (AvgIpc) is 3.50. The molecule has 3 heterocycles. The van der Waals surface area contributed by atoms with E-state index in [1.165, 1.54) is 33.5 Å². The van der Waals surface area contributed by atoms with Gasteiger partial charge in [-0.2, -0.15) is 0 Å². The molecule has 166 valence electrons.